The van der Waals surface area contributed by atoms with Crippen molar-refractivity contribution in [3.8, 4) is 17.2 Å². The van der Waals surface area contributed by atoms with Gasteiger partial charge in [-0.3, -0.25) is 9.79 Å². The molecule has 8 nitrogen and oxygen atoms in total. The zero-order chi connectivity index (χ0) is 20.8. The Hall–Kier alpha value is -3.42. The van der Waals surface area contributed by atoms with Crippen LogP contribution in [0, 0.1) is 0 Å². The van der Waals surface area contributed by atoms with E-state index < -0.39 is 0 Å². The highest BCUT2D eigenvalue weighted by Gasteiger charge is 2.21. The highest BCUT2D eigenvalue weighted by Crippen LogP contribution is 2.35. The Kier molecular flexibility index (Phi) is 6.22. The Bertz CT molecular complexity index is 914. The summed E-state index contributed by atoms with van der Waals surface area (Å²) in [6.07, 6.45) is 1.58. The number of hydrogen-bond donors (Lipinski definition) is 2. The van der Waals surface area contributed by atoms with Crippen LogP contribution in [0.3, 0.4) is 0 Å². The minimum atomic E-state index is 0.202. The number of nitrogens with zero attached hydrogens (tertiary/aromatic N) is 2. The predicted molar refractivity (Wildman–Crippen MR) is 114 cm³/mol. The molecule has 0 aliphatic carbocycles. The van der Waals surface area contributed by atoms with Crippen LogP contribution in [0.15, 0.2) is 47.5 Å². The van der Waals surface area contributed by atoms with Crippen LogP contribution in [0.25, 0.3) is 0 Å². The van der Waals surface area contributed by atoms with Crippen molar-refractivity contribution < 1.29 is 19.0 Å². The molecular formula is C22H26N4O4. The Labute approximate surface area is 175 Å². The SMILES string of the molecule is CN=C(NCCOc1ccc2c(c1)OCO2)NCc1ccc(N2CCCC2=O)cc1. The van der Waals surface area contributed by atoms with Crippen molar-refractivity contribution in [3.05, 3.63) is 48.0 Å². The molecular weight excluding hydrogens is 384 g/mol. The topological polar surface area (TPSA) is 84.4 Å². The molecule has 0 radical (unpaired) electrons. The summed E-state index contributed by atoms with van der Waals surface area (Å²) >= 11 is 0. The number of guanidine groups is 1. The molecule has 4 rings (SSSR count). The van der Waals surface area contributed by atoms with Crippen LogP contribution in [0.1, 0.15) is 18.4 Å². The highest BCUT2D eigenvalue weighted by molar-refractivity contribution is 5.95. The van der Waals surface area contributed by atoms with Gasteiger partial charge in [0, 0.05) is 38.3 Å². The van der Waals surface area contributed by atoms with Crippen LogP contribution in [0.4, 0.5) is 5.69 Å². The molecule has 158 valence electrons. The number of hydrogen-bond acceptors (Lipinski definition) is 5. The summed E-state index contributed by atoms with van der Waals surface area (Å²) in [5.74, 6) is 3.08. The molecule has 0 bridgehead atoms. The van der Waals surface area contributed by atoms with E-state index in [2.05, 4.69) is 15.6 Å². The lowest BCUT2D eigenvalue weighted by Crippen LogP contribution is -2.38. The van der Waals surface area contributed by atoms with Gasteiger partial charge >= 0.3 is 0 Å². The first kappa shape index (κ1) is 19.9. The molecule has 1 fully saturated rings. The van der Waals surface area contributed by atoms with E-state index in [1.54, 1.807) is 7.05 Å². The molecule has 0 atom stereocenters. The smallest absolute Gasteiger partial charge is 0.231 e. The van der Waals surface area contributed by atoms with Crippen molar-refractivity contribution in [2.75, 3.05) is 38.4 Å². The van der Waals surface area contributed by atoms with Crippen molar-refractivity contribution >= 4 is 17.6 Å². The monoisotopic (exact) mass is 410 g/mol. The second-order valence-electron chi connectivity index (χ2n) is 7.03. The average Bonchev–Trinajstić information content (AvgIpc) is 3.42. The number of nitrogens with one attached hydrogen (secondary N) is 2. The number of aliphatic imine (C=N–C) groups is 1. The number of carbonyl (C=O) groups excluding carboxylic acids is 1. The van der Waals surface area contributed by atoms with Crippen LogP contribution in [-0.2, 0) is 11.3 Å². The summed E-state index contributed by atoms with van der Waals surface area (Å²) in [6, 6.07) is 13.6. The quantitative estimate of drug-likeness (QED) is 0.414. The summed E-state index contributed by atoms with van der Waals surface area (Å²) in [5, 5.41) is 6.51. The minimum absolute atomic E-state index is 0.202. The van der Waals surface area contributed by atoms with Crippen LogP contribution >= 0.6 is 0 Å². The van der Waals surface area contributed by atoms with E-state index in [1.807, 2.05) is 47.4 Å². The predicted octanol–water partition coefficient (Wildman–Crippen LogP) is 2.29. The summed E-state index contributed by atoms with van der Waals surface area (Å²) in [4.78, 5) is 17.9. The maximum Gasteiger partial charge on any atom is 0.231 e. The first-order chi connectivity index (χ1) is 14.7. The van der Waals surface area contributed by atoms with Gasteiger partial charge in [-0.2, -0.15) is 0 Å². The van der Waals surface area contributed by atoms with Crippen molar-refractivity contribution in [2.45, 2.75) is 19.4 Å². The second-order valence-corrected chi connectivity index (χ2v) is 7.03. The fourth-order valence-corrected chi connectivity index (χ4v) is 3.43. The zero-order valence-electron chi connectivity index (χ0n) is 17.0. The normalized spacial score (nSPS) is 15.4. The van der Waals surface area contributed by atoms with Gasteiger partial charge in [0.2, 0.25) is 12.7 Å². The largest absolute Gasteiger partial charge is 0.492 e. The number of rotatable bonds is 7. The molecule has 1 saturated heterocycles. The van der Waals surface area contributed by atoms with E-state index in [-0.39, 0.29) is 12.7 Å². The third-order valence-electron chi connectivity index (χ3n) is 5.01. The molecule has 2 aromatic carbocycles. The van der Waals surface area contributed by atoms with Gasteiger partial charge < -0.3 is 29.7 Å². The number of ether oxygens (including phenoxy) is 3. The van der Waals surface area contributed by atoms with Gasteiger partial charge in [0.15, 0.2) is 17.5 Å². The van der Waals surface area contributed by atoms with E-state index in [9.17, 15) is 4.79 Å². The Morgan fingerprint density at radius 2 is 1.97 bits per heavy atom. The lowest BCUT2D eigenvalue weighted by atomic mass is 10.2. The molecule has 2 heterocycles. The second kappa shape index (κ2) is 9.39. The molecule has 0 aromatic heterocycles. The zero-order valence-corrected chi connectivity index (χ0v) is 17.0. The lowest BCUT2D eigenvalue weighted by Gasteiger charge is -2.16. The van der Waals surface area contributed by atoms with Crippen molar-refractivity contribution in [1.29, 1.82) is 0 Å². The van der Waals surface area contributed by atoms with E-state index in [1.165, 1.54) is 0 Å². The number of benzene rings is 2. The highest BCUT2D eigenvalue weighted by atomic mass is 16.7. The van der Waals surface area contributed by atoms with Gasteiger partial charge in [-0.05, 0) is 36.2 Å². The van der Waals surface area contributed by atoms with Crippen LogP contribution < -0.4 is 29.7 Å². The molecule has 0 saturated carbocycles. The molecule has 30 heavy (non-hydrogen) atoms. The van der Waals surface area contributed by atoms with Crippen molar-refractivity contribution in [2.24, 2.45) is 4.99 Å². The molecule has 1 amide bonds. The Morgan fingerprint density at radius 3 is 2.73 bits per heavy atom. The number of carbonyl (C=O) groups is 1. The average molecular weight is 410 g/mol. The molecule has 0 spiro atoms. The first-order valence-electron chi connectivity index (χ1n) is 10.1. The standard InChI is InChI=1S/C22H26N4O4/c1-23-22(24-10-12-28-18-8-9-19-20(13-18)30-15-29-19)25-14-16-4-6-17(7-5-16)26-11-2-3-21(26)27/h4-9,13H,2-3,10-12,14-15H2,1H3,(H2,23,24,25). The fraction of sp³-hybridized carbons (Fsp3) is 0.364. The molecule has 2 aliphatic heterocycles. The molecule has 2 aromatic rings. The van der Waals surface area contributed by atoms with E-state index in [0.29, 0.717) is 37.8 Å². The fourth-order valence-electron chi connectivity index (χ4n) is 3.43. The van der Waals surface area contributed by atoms with Gasteiger partial charge in [0.1, 0.15) is 12.4 Å². The van der Waals surface area contributed by atoms with Crippen molar-refractivity contribution in [3.63, 3.8) is 0 Å². The van der Waals surface area contributed by atoms with E-state index >= 15 is 0 Å². The Morgan fingerprint density at radius 1 is 1.13 bits per heavy atom. The van der Waals surface area contributed by atoms with Gasteiger partial charge in [-0.1, -0.05) is 12.1 Å². The van der Waals surface area contributed by atoms with Crippen LogP contribution in [0.2, 0.25) is 0 Å². The van der Waals surface area contributed by atoms with E-state index in [4.69, 9.17) is 14.2 Å². The maximum atomic E-state index is 11.8. The maximum absolute atomic E-state index is 11.8. The third kappa shape index (κ3) is 4.76. The van der Waals surface area contributed by atoms with Gasteiger partial charge in [0.25, 0.3) is 0 Å². The molecule has 2 N–H and O–H groups in total. The first-order valence-corrected chi connectivity index (χ1v) is 10.1. The Balaban J connectivity index is 1.19. The third-order valence-corrected chi connectivity index (χ3v) is 5.01. The number of anilines is 1. The minimum Gasteiger partial charge on any atom is -0.492 e. The summed E-state index contributed by atoms with van der Waals surface area (Å²) in [6.45, 7) is 2.78. The van der Waals surface area contributed by atoms with Crippen LogP contribution in [-0.4, -0.2) is 45.4 Å². The number of amides is 1. The van der Waals surface area contributed by atoms with Crippen molar-refractivity contribution in [1.82, 2.24) is 10.6 Å². The van der Waals surface area contributed by atoms with Gasteiger partial charge in [-0.15, -0.1) is 0 Å². The summed E-state index contributed by atoms with van der Waals surface area (Å²) in [7, 11) is 1.73. The molecule has 2 aliphatic rings. The van der Waals surface area contributed by atoms with E-state index in [0.717, 1.165) is 35.7 Å². The molecule has 8 heteroatoms. The number of fused-ring (bicyclic) bond motifs is 1. The summed E-state index contributed by atoms with van der Waals surface area (Å²) in [5.41, 5.74) is 2.08. The van der Waals surface area contributed by atoms with Gasteiger partial charge in [-0.25, -0.2) is 0 Å². The van der Waals surface area contributed by atoms with Crippen LogP contribution in [0.5, 0.6) is 17.2 Å². The summed E-state index contributed by atoms with van der Waals surface area (Å²) < 4.78 is 16.4. The lowest BCUT2D eigenvalue weighted by molar-refractivity contribution is -0.117. The van der Waals surface area contributed by atoms with Gasteiger partial charge in [0.05, 0.1) is 6.54 Å². The molecule has 0 unspecified atom stereocenters.